The molecule has 1 saturated carbocycles. The molecule has 0 amide bonds. The number of tetrazole rings is 1. The van der Waals surface area contributed by atoms with E-state index in [9.17, 15) is 9.90 Å². The van der Waals surface area contributed by atoms with Crippen molar-refractivity contribution in [3.8, 4) is 0 Å². The molecule has 1 aromatic heterocycles. The molecule has 0 saturated heterocycles. The lowest BCUT2D eigenvalue weighted by atomic mass is 9.86. The quantitative estimate of drug-likeness (QED) is 0.834. The molecule has 0 spiro atoms. The summed E-state index contributed by atoms with van der Waals surface area (Å²) in [5.41, 5.74) is -0.720. The maximum absolute atomic E-state index is 11.5. The van der Waals surface area contributed by atoms with Crippen molar-refractivity contribution in [2.45, 2.75) is 58.8 Å². The van der Waals surface area contributed by atoms with Crippen molar-refractivity contribution in [1.29, 1.82) is 0 Å². The molecule has 2 rings (SSSR count). The van der Waals surface area contributed by atoms with Crippen LogP contribution in [0.15, 0.2) is 0 Å². The van der Waals surface area contributed by atoms with Crippen molar-refractivity contribution in [2.24, 2.45) is 5.41 Å². The van der Waals surface area contributed by atoms with Gasteiger partial charge in [0.25, 0.3) is 0 Å². The number of carbonyl (C=O) groups is 1. The van der Waals surface area contributed by atoms with E-state index in [1.807, 2.05) is 13.8 Å². The van der Waals surface area contributed by atoms with Gasteiger partial charge in [-0.2, -0.15) is 0 Å². The number of ether oxygens (including phenoxy) is 1. The van der Waals surface area contributed by atoms with Gasteiger partial charge in [0.1, 0.15) is 6.61 Å². The second-order valence-corrected chi connectivity index (χ2v) is 5.41. The Kier molecular flexibility index (Phi) is 4.14. The fourth-order valence-electron chi connectivity index (χ4n) is 2.47. The van der Waals surface area contributed by atoms with Gasteiger partial charge in [0, 0.05) is 0 Å². The number of rotatable bonds is 6. The third-order valence-corrected chi connectivity index (χ3v) is 3.62. The first-order valence-corrected chi connectivity index (χ1v) is 6.63. The Morgan fingerprint density at radius 3 is 2.74 bits per heavy atom. The molecular formula is C12H20N4O3. The fourth-order valence-corrected chi connectivity index (χ4v) is 2.47. The maximum Gasteiger partial charge on any atom is 0.311 e. The number of hydrogen-bond acceptors (Lipinski definition) is 5. The molecule has 1 aliphatic rings. The molecule has 0 bridgehead atoms. The van der Waals surface area contributed by atoms with Crippen LogP contribution in [-0.2, 0) is 22.7 Å². The molecule has 7 nitrogen and oxygen atoms in total. The molecule has 1 aromatic rings. The molecule has 1 fully saturated rings. The number of hydrogen-bond donors (Lipinski definition) is 1. The van der Waals surface area contributed by atoms with Gasteiger partial charge in [0.05, 0.1) is 18.1 Å². The molecular weight excluding hydrogens is 248 g/mol. The lowest BCUT2D eigenvalue weighted by Crippen LogP contribution is -2.34. The number of aliphatic carboxylic acids is 1. The summed E-state index contributed by atoms with van der Waals surface area (Å²) < 4.78 is 7.05. The van der Waals surface area contributed by atoms with E-state index in [0.29, 0.717) is 31.8 Å². The van der Waals surface area contributed by atoms with Crippen LogP contribution in [0.3, 0.4) is 0 Å². The predicted octanol–water partition coefficient (Wildman–Crippen LogP) is 1.24. The summed E-state index contributed by atoms with van der Waals surface area (Å²) in [6.07, 6.45) is 3.36. The Morgan fingerprint density at radius 1 is 1.47 bits per heavy atom. The van der Waals surface area contributed by atoms with Crippen molar-refractivity contribution in [2.75, 3.05) is 0 Å². The summed E-state index contributed by atoms with van der Waals surface area (Å²) in [7, 11) is 0. The van der Waals surface area contributed by atoms with Crippen LogP contribution in [0.4, 0.5) is 0 Å². The summed E-state index contributed by atoms with van der Waals surface area (Å²) in [6, 6.07) is 0. The highest BCUT2D eigenvalue weighted by atomic mass is 16.5. The molecule has 0 atom stereocenters. The van der Waals surface area contributed by atoms with Gasteiger partial charge in [0.2, 0.25) is 0 Å². The summed E-state index contributed by atoms with van der Waals surface area (Å²) >= 11 is 0. The minimum absolute atomic E-state index is 0.0880. The predicted molar refractivity (Wildman–Crippen MR) is 66.3 cm³/mol. The van der Waals surface area contributed by atoms with Crippen LogP contribution < -0.4 is 0 Å². The lowest BCUT2D eigenvalue weighted by Gasteiger charge is -2.23. The smallest absolute Gasteiger partial charge is 0.311 e. The van der Waals surface area contributed by atoms with Gasteiger partial charge >= 0.3 is 5.97 Å². The van der Waals surface area contributed by atoms with Crippen LogP contribution in [-0.4, -0.2) is 37.4 Å². The molecule has 0 unspecified atom stereocenters. The zero-order valence-corrected chi connectivity index (χ0v) is 11.4. The van der Waals surface area contributed by atoms with Gasteiger partial charge in [0.15, 0.2) is 5.82 Å². The van der Waals surface area contributed by atoms with Gasteiger partial charge in [-0.3, -0.25) is 4.79 Å². The van der Waals surface area contributed by atoms with Crippen LogP contribution in [0.1, 0.15) is 45.4 Å². The lowest BCUT2D eigenvalue weighted by molar-refractivity contribution is -0.149. The van der Waals surface area contributed by atoms with Crippen LogP contribution in [0, 0.1) is 5.41 Å². The molecule has 0 aliphatic heterocycles. The standard InChI is InChI=1S/C12H20N4O3/c1-9(2)19-7-10-13-14-15-16(10)8-12(11(17)18)5-3-4-6-12/h9H,3-8H2,1-2H3,(H,17,18). The van der Waals surface area contributed by atoms with E-state index in [-0.39, 0.29) is 6.10 Å². The van der Waals surface area contributed by atoms with Crippen molar-refractivity contribution < 1.29 is 14.6 Å². The fraction of sp³-hybridized carbons (Fsp3) is 0.833. The normalized spacial score (nSPS) is 18.1. The van der Waals surface area contributed by atoms with Gasteiger partial charge < -0.3 is 9.84 Å². The van der Waals surface area contributed by atoms with Crippen LogP contribution in [0.25, 0.3) is 0 Å². The Balaban J connectivity index is 2.10. The van der Waals surface area contributed by atoms with Gasteiger partial charge in [-0.05, 0) is 37.1 Å². The van der Waals surface area contributed by atoms with E-state index < -0.39 is 11.4 Å². The molecule has 106 valence electrons. The van der Waals surface area contributed by atoms with E-state index >= 15 is 0 Å². The van der Waals surface area contributed by atoms with Crippen molar-refractivity contribution in [3.05, 3.63) is 5.82 Å². The van der Waals surface area contributed by atoms with Crippen LogP contribution in [0.2, 0.25) is 0 Å². The Labute approximate surface area is 111 Å². The minimum atomic E-state index is -0.753. The third kappa shape index (κ3) is 3.09. The van der Waals surface area contributed by atoms with E-state index in [2.05, 4.69) is 15.5 Å². The van der Waals surface area contributed by atoms with E-state index in [1.54, 1.807) is 4.68 Å². The average molecular weight is 268 g/mol. The molecule has 0 radical (unpaired) electrons. The maximum atomic E-state index is 11.5. The summed E-state index contributed by atoms with van der Waals surface area (Å²) in [5, 5.41) is 20.9. The molecule has 0 aromatic carbocycles. The van der Waals surface area contributed by atoms with E-state index in [4.69, 9.17) is 4.74 Å². The average Bonchev–Trinajstić information content (AvgIpc) is 2.97. The van der Waals surface area contributed by atoms with Gasteiger partial charge in [-0.25, -0.2) is 4.68 Å². The van der Waals surface area contributed by atoms with Gasteiger partial charge in [-0.1, -0.05) is 12.8 Å². The Morgan fingerprint density at radius 2 is 2.16 bits per heavy atom. The SMILES string of the molecule is CC(C)OCc1nnnn1CC1(C(=O)O)CCCC1. The van der Waals surface area contributed by atoms with Crippen molar-refractivity contribution in [3.63, 3.8) is 0 Å². The number of nitrogens with zero attached hydrogens (tertiary/aromatic N) is 4. The first kappa shape index (κ1) is 13.9. The Hall–Kier alpha value is -1.50. The highest BCUT2D eigenvalue weighted by Crippen LogP contribution is 2.39. The second kappa shape index (κ2) is 5.64. The number of carboxylic acids is 1. The first-order chi connectivity index (χ1) is 9.03. The number of aromatic nitrogens is 4. The monoisotopic (exact) mass is 268 g/mol. The molecule has 1 N–H and O–H groups in total. The van der Waals surface area contributed by atoms with Crippen molar-refractivity contribution in [1.82, 2.24) is 20.2 Å². The zero-order chi connectivity index (χ0) is 13.9. The third-order valence-electron chi connectivity index (χ3n) is 3.62. The largest absolute Gasteiger partial charge is 0.481 e. The second-order valence-electron chi connectivity index (χ2n) is 5.41. The zero-order valence-electron chi connectivity index (χ0n) is 11.4. The topological polar surface area (TPSA) is 90.1 Å². The minimum Gasteiger partial charge on any atom is -0.481 e. The van der Waals surface area contributed by atoms with Crippen LogP contribution >= 0.6 is 0 Å². The summed E-state index contributed by atoms with van der Waals surface area (Å²) in [5.74, 6) is -0.169. The highest BCUT2D eigenvalue weighted by Gasteiger charge is 2.42. The molecule has 1 heterocycles. The van der Waals surface area contributed by atoms with Crippen LogP contribution in [0.5, 0.6) is 0 Å². The molecule has 19 heavy (non-hydrogen) atoms. The summed E-state index contributed by atoms with van der Waals surface area (Å²) in [4.78, 5) is 11.5. The number of carboxylic acid groups (broad SMARTS) is 1. The first-order valence-electron chi connectivity index (χ1n) is 6.63. The Bertz CT molecular complexity index is 438. The van der Waals surface area contributed by atoms with E-state index in [0.717, 1.165) is 12.8 Å². The molecule has 7 heteroatoms. The molecule has 1 aliphatic carbocycles. The van der Waals surface area contributed by atoms with E-state index in [1.165, 1.54) is 0 Å². The highest BCUT2D eigenvalue weighted by molar-refractivity contribution is 5.74. The van der Waals surface area contributed by atoms with Crippen molar-refractivity contribution >= 4 is 5.97 Å². The van der Waals surface area contributed by atoms with Gasteiger partial charge in [-0.15, -0.1) is 5.10 Å². The summed E-state index contributed by atoms with van der Waals surface area (Å²) in [6.45, 7) is 4.50.